The molecule has 2 aromatic rings. The number of nitrogens with zero attached hydrogens (tertiary/aromatic N) is 2. The van der Waals surface area contributed by atoms with E-state index in [2.05, 4.69) is 0 Å². The Bertz CT molecular complexity index is 1850. The molecule has 1 aliphatic carbocycles. The number of carbonyl (C=O) groups excluding carboxylic acids is 4. The van der Waals surface area contributed by atoms with Crippen LogP contribution in [-0.4, -0.2) is 70.9 Å². The van der Waals surface area contributed by atoms with Gasteiger partial charge in [0, 0.05) is 67.4 Å². The van der Waals surface area contributed by atoms with Crippen molar-refractivity contribution in [1.82, 2.24) is 9.80 Å². The Kier molecular flexibility index (Phi) is 20.1. The van der Waals surface area contributed by atoms with Crippen LogP contribution < -0.4 is 149 Å². The minimum absolute atomic E-state index is 0. The predicted molar refractivity (Wildman–Crippen MR) is 142 cm³/mol. The zero-order valence-electron chi connectivity index (χ0n) is 27.1. The summed E-state index contributed by atoms with van der Waals surface area (Å²) in [7, 11) is 0. The van der Waals surface area contributed by atoms with E-state index < -0.39 is 80.3 Å². The molecular weight excluding hydrogens is 688 g/mol. The maximum Gasteiger partial charge on any atom is 1.00 e. The average Bonchev–Trinajstić information content (AvgIpc) is 2.91. The second-order valence-corrected chi connectivity index (χ2v) is 10.0. The van der Waals surface area contributed by atoms with Gasteiger partial charge in [0.05, 0.1) is 29.4 Å². The second-order valence-electron chi connectivity index (χ2n) is 10.0. The summed E-state index contributed by atoms with van der Waals surface area (Å²) >= 11 is 0. The van der Waals surface area contributed by atoms with Gasteiger partial charge in [0.1, 0.15) is 11.3 Å². The Morgan fingerprint density at radius 3 is 1.65 bits per heavy atom. The predicted octanol–water partition coefficient (Wildman–Crippen LogP) is -16.0. The van der Waals surface area contributed by atoms with Crippen LogP contribution in [0.3, 0.4) is 0 Å². The molecule has 19 heteroatoms. The molecule has 2 aromatic carbocycles. The van der Waals surface area contributed by atoms with Gasteiger partial charge in [-0.2, -0.15) is 0 Å². The summed E-state index contributed by atoms with van der Waals surface area (Å²) in [6, 6.07) is 10.3. The van der Waals surface area contributed by atoms with Crippen molar-refractivity contribution < 1.29 is 177 Å². The van der Waals surface area contributed by atoms with E-state index >= 15 is 0 Å². The Morgan fingerprint density at radius 1 is 0.673 bits per heavy atom. The molecule has 49 heavy (non-hydrogen) atoms. The van der Waals surface area contributed by atoms with E-state index in [9.17, 15) is 59.4 Å². The van der Waals surface area contributed by atoms with Crippen LogP contribution in [0.4, 0.5) is 0 Å². The second kappa shape index (κ2) is 20.9. The normalized spacial score (nSPS) is 10.4. The van der Waals surface area contributed by atoms with Crippen LogP contribution in [0.15, 0.2) is 57.7 Å². The molecule has 0 unspecified atom stereocenters. The Morgan fingerprint density at radius 2 is 1.16 bits per heavy atom. The molecule has 0 amide bonds. The number of aliphatic carboxylic acids is 4. The number of carboxylic acid groups (broad SMARTS) is 5. The van der Waals surface area contributed by atoms with Gasteiger partial charge in [-0.3, -0.25) is 14.6 Å². The first kappa shape index (κ1) is 47.2. The first-order valence-electron chi connectivity index (χ1n) is 13.0. The van der Waals surface area contributed by atoms with Gasteiger partial charge in [0.25, 0.3) is 0 Å². The largest absolute Gasteiger partial charge is 1.00 e. The molecular formula is C30H21N2Na4O13-. The summed E-state index contributed by atoms with van der Waals surface area (Å²) in [4.78, 5) is 71.8. The van der Waals surface area contributed by atoms with Crippen molar-refractivity contribution in [1.29, 1.82) is 0 Å². The summed E-state index contributed by atoms with van der Waals surface area (Å²) in [6.07, 6.45) is 0. The monoisotopic (exact) mass is 709 g/mol. The molecule has 0 radical (unpaired) electrons. The number of hydrogen-bond acceptors (Lipinski definition) is 14. The first-order chi connectivity index (χ1) is 21.2. The Hall–Kier alpha value is -1.80. The molecule has 1 heterocycles. The number of benzene rings is 3. The smallest absolute Gasteiger partial charge is 0.872 e. The maximum atomic E-state index is 13.0. The van der Waals surface area contributed by atoms with Gasteiger partial charge in [-0.15, -0.1) is 5.75 Å². The van der Waals surface area contributed by atoms with Crippen LogP contribution in [0.5, 0.6) is 5.75 Å². The third-order valence-electron chi connectivity index (χ3n) is 6.71. The third-order valence-corrected chi connectivity index (χ3v) is 6.71. The molecule has 0 atom stereocenters. The topological polar surface area (TPSA) is 258 Å². The minimum atomic E-state index is -1.62. The van der Waals surface area contributed by atoms with Crippen molar-refractivity contribution in [2.24, 2.45) is 0 Å². The van der Waals surface area contributed by atoms with E-state index in [4.69, 9.17) is 4.42 Å². The summed E-state index contributed by atoms with van der Waals surface area (Å²) in [5.41, 5.74) is -0.801. The minimum Gasteiger partial charge on any atom is -0.872 e. The van der Waals surface area contributed by atoms with Gasteiger partial charge < -0.3 is 54.2 Å². The van der Waals surface area contributed by atoms with Crippen molar-refractivity contribution in [3.05, 3.63) is 75.4 Å². The standard InChI is InChI=1S/C30H26N2O13.4Na/c33-21-7-23-19(5-15(21)9-31(11-25(35)36)12-26(37)38)29(17-3-1-2-4-18(17)30(43)44)20-6-16(22(34)8-24(20)45-23)10-32(13-27(39)40)14-28(41)42;;;;/h1-8,33H,9-14H2,(H,35,36)(H,37,38)(H,39,40)(H,41,42)(H,43,44);;;;/q;4*+1/p-5. The molecule has 1 N–H and O–H groups in total. The van der Waals surface area contributed by atoms with E-state index in [0.29, 0.717) is 0 Å². The van der Waals surface area contributed by atoms with Crippen molar-refractivity contribution in [3.63, 3.8) is 0 Å². The molecule has 0 aromatic heterocycles. The van der Waals surface area contributed by atoms with Gasteiger partial charge in [0.15, 0.2) is 5.43 Å². The summed E-state index contributed by atoms with van der Waals surface area (Å²) in [5, 5.41) is 67.9. The van der Waals surface area contributed by atoms with Gasteiger partial charge in [-0.1, -0.05) is 18.2 Å². The van der Waals surface area contributed by atoms with Crippen LogP contribution in [-0.2, 0) is 32.3 Å². The van der Waals surface area contributed by atoms with Gasteiger partial charge in [-0.25, -0.2) is 4.79 Å². The van der Waals surface area contributed by atoms with Gasteiger partial charge >= 0.3 is 124 Å². The summed E-state index contributed by atoms with van der Waals surface area (Å²) in [6.45, 7) is -4.39. The van der Waals surface area contributed by atoms with Crippen LogP contribution in [0.1, 0.15) is 21.5 Å². The van der Waals surface area contributed by atoms with E-state index in [1.54, 1.807) is 0 Å². The van der Waals surface area contributed by atoms with E-state index in [-0.39, 0.29) is 168 Å². The molecule has 0 saturated heterocycles. The molecule has 234 valence electrons. The fourth-order valence-corrected chi connectivity index (χ4v) is 5.01. The molecule has 0 saturated carbocycles. The van der Waals surface area contributed by atoms with E-state index in [1.165, 1.54) is 36.4 Å². The van der Waals surface area contributed by atoms with Crippen molar-refractivity contribution in [3.8, 4) is 28.2 Å². The van der Waals surface area contributed by atoms with Gasteiger partial charge in [-0.05, 0) is 35.4 Å². The third kappa shape index (κ3) is 12.4. The molecule has 0 spiro atoms. The molecule has 0 fully saturated rings. The van der Waals surface area contributed by atoms with Crippen molar-refractivity contribution in [2.45, 2.75) is 13.1 Å². The SMILES string of the molecule is O=C([O-])CN(CC(=O)[O-])Cc1cc2c(-c3ccccc3C(=O)O)c3cc(CN(CC(=O)[O-])CC(=O)[O-])c(=O)cc-3oc2cc1[O-].[Na+].[Na+].[Na+].[Na+]. The average molecular weight is 709 g/mol. The van der Waals surface area contributed by atoms with Crippen molar-refractivity contribution in [2.75, 3.05) is 26.2 Å². The van der Waals surface area contributed by atoms with Crippen molar-refractivity contribution >= 4 is 40.8 Å². The summed E-state index contributed by atoms with van der Waals surface area (Å²) < 4.78 is 5.86. The van der Waals surface area contributed by atoms with Gasteiger partial charge in [0.2, 0.25) is 0 Å². The molecule has 2 aliphatic rings. The fraction of sp³-hybridized carbons (Fsp3) is 0.200. The number of aromatic carboxylic acids is 1. The molecule has 15 nitrogen and oxygen atoms in total. The number of carboxylic acids is 5. The number of carbonyl (C=O) groups is 5. The number of fused-ring (bicyclic) bond motifs is 2. The van der Waals surface area contributed by atoms with Crippen LogP contribution in [0.25, 0.3) is 33.4 Å². The van der Waals surface area contributed by atoms with Crippen LogP contribution >= 0.6 is 0 Å². The van der Waals surface area contributed by atoms with E-state index in [1.807, 2.05) is 0 Å². The Balaban J connectivity index is 0.00000576. The Labute approximate surface area is 366 Å². The zero-order valence-corrected chi connectivity index (χ0v) is 35.1. The molecule has 1 aliphatic heterocycles. The number of hydrogen-bond donors (Lipinski definition) is 1. The maximum absolute atomic E-state index is 13.0. The first-order valence-corrected chi connectivity index (χ1v) is 13.0. The van der Waals surface area contributed by atoms with Crippen LogP contribution in [0, 0.1) is 0 Å². The van der Waals surface area contributed by atoms with Crippen LogP contribution in [0.2, 0.25) is 0 Å². The fourth-order valence-electron chi connectivity index (χ4n) is 5.01. The zero-order chi connectivity index (χ0) is 33.0. The number of rotatable bonds is 14. The summed E-state index contributed by atoms with van der Waals surface area (Å²) in [5.74, 6) is -8.59. The molecule has 4 rings (SSSR count). The van der Waals surface area contributed by atoms with E-state index in [0.717, 1.165) is 21.9 Å². The quantitative estimate of drug-likeness (QED) is 0.0942. The molecule has 0 bridgehead atoms.